The Hall–Kier alpha value is -4.46. The lowest BCUT2D eigenvalue weighted by Crippen LogP contribution is -2.43. The van der Waals surface area contributed by atoms with Crippen LogP contribution in [0.5, 0.6) is 0 Å². The second-order valence-electron chi connectivity index (χ2n) is 8.84. The van der Waals surface area contributed by atoms with E-state index in [2.05, 4.69) is 15.3 Å². The van der Waals surface area contributed by atoms with Gasteiger partial charge in [-0.05, 0) is 60.7 Å². The van der Waals surface area contributed by atoms with E-state index in [1.165, 1.54) is 4.90 Å². The Balaban J connectivity index is 1.28. The van der Waals surface area contributed by atoms with Crippen LogP contribution in [0, 0.1) is 6.92 Å². The van der Waals surface area contributed by atoms with Gasteiger partial charge < -0.3 is 15.0 Å². The molecule has 1 atom stereocenters. The van der Waals surface area contributed by atoms with E-state index < -0.39 is 12.1 Å². The SMILES string of the molecule is Cc1nc2cc(-c3cccc(NC(=O)[C@@H]4CCCN4C(=O)OCc4ccccc4)c3)ccc2[nH]c1=O. The molecule has 1 aromatic heterocycles. The largest absolute Gasteiger partial charge is 0.445 e. The number of carbonyl (C=O) groups excluding carboxylic acids is 2. The first-order valence-electron chi connectivity index (χ1n) is 11.9. The van der Waals surface area contributed by atoms with E-state index in [1.54, 1.807) is 6.92 Å². The molecule has 1 aliphatic rings. The van der Waals surface area contributed by atoms with Crippen LogP contribution < -0.4 is 10.9 Å². The van der Waals surface area contributed by atoms with Crippen molar-refractivity contribution >= 4 is 28.7 Å². The molecule has 0 radical (unpaired) electrons. The average molecular weight is 483 g/mol. The van der Waals surface area contributed by atoms with Crippen LogP contribution in [0.2, 0.25) is 0 Å². The van der Waals surface area contributed by atoms with E-state index in [0.717, 1.165) is 23.1 Å². The van der Waals surface area contributed by atoms with Crippen LogP contribution in [0.3, 0.4) is 0 Å². The number of amides is 2. The Bertz CT molecular complexity index is 1480. The fraction of sp³-hybridized carbons (Fsp3) is 0.214. The number of aromatic nitrogens is 2. The third-order valence-corrected chi connectivity index (χ3v) is 6.32. The molecule has 3 aromatic carbocycles. The van der Waals surface area contributed by atoms with Gasteiger partial charge in [-0.25, -0.2) is 9.78 Å². The molecule has 1 aliphatic heterocycles. The number of likely N-dealkylation sites (tertiary alicyclic amines) is 1. The number of H-pyrrole nitrogens is 1. The average Bonchev–Trinajstić information content (AvgIpc) is 3.39. The minimum absolute atomic E-state index is 0.167. The van der Waals surface area contributed by atoms with Crippen LogP contribution in [0.15, 0.2) is 77.6 Å². The van der Waals surface area contributed by atoms with Crippen LogP contribution in [0.25, 0.3) is 22.2 Å². The number of fused-ring (bicyclic) bond motifs is 1. The number of carbonyl (C=O) groups is 2. The molecule has 8 heteroatoms. The van der Waals surface area contributed by atoms with Crippen molar-refractivity contribution < 1.29 is 14.3 Å². The van der Waals surface area contributed by atoms with Crippen LogP contribution in [0.1, 0.15) is 24.1 Å². The fourth-order valence-corrected chi connectivity index (χ4v) is 4.42. The van der Waals surface area contributed by atoms with E-state index in [-0.39, 0.29) is 18.1 Å². The Morgan fingerprint density at radius 1 is 1.06 bits per heavy atom. The predicted octanol–water partition coefficient (Wildman–Crippen LogP) is 4.64. The van der Waals surface area contributed by atoms with Crippen molar-refractivity contribution in [1.29, 1.82) is 0 Å². The predicted molar refractivity (Wildman–Crippen MR) is 138 cm³/mol. The fourth-order valence-electron chi connectivity index (χ4n) is 4.42. The van der Waals surface area contributed by atoms with Crippen molar-refractivity contribution in [1.82, 2.24) is 14.9 Å². The van der Waals surface area contributed by atoms with Crippen molar-refractivity contribution in [2.75, 3.05) is 11.9 Å². The highest BCUT2D eigenvalue weighted by Crippen LogP contribution is 2.26. The Morgan fingerprint density at radius 3 is 2.69 bits per heavy atom. The van der Waals surface area contributed by atoms with E-state index in [0.29, 0.717) is 35.4 Å². The van der Waals surface area contributed by atoms with Crippen molar-refractivity contribution in [3.8, 4) is 11.1 Å². The lowest BCUT2D eigenvalue weighted by atomic mass is 10.0. The number of aromatic amines is 1. The Morgan fingerprint density at radius 2 is 1.86 bits per heavy atom. The number of nitrogens with one attached hydrogen (secondary N) is 2. The first-order chi connectivity index (χ1) is 17.5. The third-order valence-electron chi connectivity index (χ3n) is 6.32. The molecular weight excluding hydrogens is 456 g/mol. The lowest BCUT2D eigenvalue weighted by Gasteiger charge is -2.23. The number of ether oxygens (including phenoxy) is 1. The zero-order chi connectivity index (χ0) is 25.1. The van der Waals surface area contributed by atoms with Gasteiger partial charge in [0.2, 0.25) is 5.91 Å². The summed E-state index contributed by atoms with van der Waals surface area (Å²) in [5.74, 6) is -0.241. The topological polar surface area (TPSA) is 104 Å². The molecule has 1 saturated heterocycles. The highest BCUT2D eigenvalue weighted by atomic mass is 16.6. The van der Waals surface area contributed by atoms with Crippen molar-refractivity contribution in [2.24, 2.45) is 0 Å². The number of hydrogen-bond donors (Lipinski definition) is 2. The standard InChI is InChI=1S/C28H26N4O4/c1-18-26(33)31-23-13-12-21(16-24(23)29-18)20-9-5-10-22(15-20)30-27(34)25-11-6-14-32(25)28(35)36-17-19-7-3-2-4-8-19/h2-5,7-10,12-13,15-16,25H,6,11,14,17H2,1H3,(H,30,34)(H,31,33)/t25-/m0/s1. The molecule has 2 heterocycles. The van der Waals surface area contributed by atoms with Crippen LogP contribution >= 0.6 is 0 Å². The summed E-state index contributed by atoms with van der Waals surface area (Å²) in [5.41, 5.74) is 4.89. The molecule has 0 bridgehead atoms. The van der Waals surface area contributed by atoms with E-state index in [9.17, 15) is 14.4 Å². The molecule has 0 spiro atoms. The van der Waals surface area contributed by atoms with Gasteiger partial charge in [0.15, 0.2) is 0 Å². The molecule has 182 valence electrons. The Labute approximate surface area is 207 Å². The smallest absolute Gasteiger partial charge is 0.410 e. The number of nitrogens with zero attached hydrogens (tertiary/aromatic N) is 2. The maximum absolute atomic E-state index is 13.1. The van der Waals surface area contributed by atoms with Crippen LogP contribution in [0.4, 0.5) is 10.5 Å². The third kappa shape index (κ3) is 4.98. The highest BCUT2D eigenvalue weighted by Gasteiger charge is 2.35. The molecule has 0 unspecified atom stereocenters. The maximum atomic E-state index is 13.1. The van der Waals surface area contributed by atoms with Crippen LogP contribution in [-0.2, 0) is 16.1 Å². The normalized spacial score (nSPS) is 15.1. The quantitative estimate of drug-likeness (QED) is 0.431. The molecule has 2 amide bonds. The molecule has 2 N–H and O–H groups in total. The van der Waals surface area contributed by atoms with Gasteiger partial charge in [-0.3, -0.25) is 14.5 Å². The minimum Gasteiger partial charge on any atom is -0.445 e. The van der Waals surface area contributed by atoms with E-state index in [1.807, 2.05) is 72.8 Å². The zero-order valence-corrected chi connectivity index (χ0v) is 19.9. The molecule has 4 aromatic rings. The van der Waals surface area contributed by atoms with Gasteiger partial charge >= 0.3 is 6.09 Å². The lowest BCUT2D eigenvalue weighted by molar-refractivity contribution is -0.120. The van der Waals surface area contributed by atoms with Gasteiger partial charge in [0.1, 0.15) is 18.3 Å². The van der Waals surface area contributed by atoms with Crippen molar-refractivity contribution in [2.45, 2.75) is 32.4 Å². The summed E-state index contributed by atoms with van der Waals surface area (Å²) in [6.45, 7) is 2.32. The second kappa shape index (κ2) is 10.0. The van der Waals surface area contributed by atoms with Gasteiger partial charge in [0.25, 0.3) is 5.56 Å². The molecule has 1 fully saturated rings. The molecule has 8 nitrogen and oxygen atoms in total. The number of aryl methyl sites for hydroxylation is 1. The first kappa shape index (κ1) is 23.3. The van der Waals surface area contributed by atoms with Gasteiger partial charge in [-0.1, -0.05) is 48.5 Å². The molecule has 36 heavy (non-hydrogen) atoms. The van der Waals surface area contributed by atoms with E-state index >= 15 is 0 Å². The number of anilines is 1. The molecule has 5 rings (SSSR count). The summed E-state index contributed by atoms with van der Waals surface area (Å²) in [6, 6.07) is 22.0. The number of hydrogen-bond acceptors (Lipinski definition) is 5. The Kier molecular flexibility index (Phi) is 6.49. The van der Waals surface area contributed by atoms with Crippen molar-refractivity contribution in [3.05, 3.63) is 94.4 Å². The van der Waals surface area contributed by atoms with E-state index in [4.69, 9.17) is 4.74 Å². The highest BCUT2D eigenvalue weighted by molar-refractivity contribution is 5.97. The summed E-state index contributed by atoms with van der Waals surface area (Å²) in [7, 11) is 0. The van der Waals surface area contributed by atoms with Gasteiger partial charge in [-0.15, -0.1) is 0 Å². The maximum Gasteiger partial charge on any atom is 0.410 e. The summed E-state index contributed by atoms with van der Waals surface area (Å²) < 4.78 is 5.45. The summed E-state index contributed by atoms with van der Waals surface area (Å²) >= 11 is 0. The molecule has 0 saturated carbocycles. The summed E-state index contributed by atoms with van der Waals surface area (Å²) in [4.78, 5) is 46.3. The second-order valence-corrected chi connectivity index (χ2v) is 8.84. The molecule has 0 aliphatic carbocycles. The summed E-state index contributed by atoms with van der Waals surface area (Å²) in [6.07, 6.45) is 0.839. The number of benzene rings is 3. The monoisotopic (exact) mass is 482 g/mol. The van der Waals surface area contributed by atoms with Crippen molar-refractivity contribution in [3.63, 3.8) is 0 Å². The zero-order valence-electron chi connectivity index (χ0n) is 19.9. The minimum atomic E-state index is -0.582. The van der Waals surface area contributed by atoms with Gasteiger partial charge in [-0.2, -0.15) is 0 Å². The molecular formula is C28H26N4O4. The summed E-state index contributed by atoms with van der Waals surface area (Å²) in [5, 5.41) is 2.95. The van der Waals surface area contributed by atoms with Crippen LogP contribution in [-0.4, -0.2) is 39.5 Å². The van der Waals surface area contributed by atoms with Gasteiger partial charge in [0, 0.05) is 12.2 Å². The first-order valence-corrected chi connectivity index (χ1v) is 11.9. The van der Waals surface area contributed by atoms with Gasteiger partial charge in [0.05, 0.1) is 11.0 Å². The number of rotatable bonds is 5.